The number of rotatable bonds is 4. The molecule has 1 N–H and O–H groups in total. The maximum Gasteiger partial charge on any atom is 0.251 e. The molecule has 1 heterocycles. The molecule has 1 saturated heterocycles. The van der Waals surface area contributed by atoms with Gasteiger partial charge in [-0.25, -0.2) is 4.39 Å². The summed E-state index contributed by atoms with van der Waals surface area (Å²) >= 11 is 0. The van der Waals surface area contributed by atoms with Crippen molar-refractivity contribution in [2.24, 2.45) is 5.92 Å². The SMILES string of the molecule is O=C(NCC1CC(=O)N(c2ccccc2)C1)c1ccc(F)cc1. The van der Waals surface area contributed by atoms with Crippen molar-refractivity contribution in [3.8, 4) is 0 Å². The molecule has 2 amide bonds. The van der Waals surface area contributed by atoms with Crippen molar-refractivity contribution in [3.05, 3.63) is 66.0 Å². The number of nitrogens with zero attached hydrogens (tertiary/aromatic N) is 1. The predicted molar refractivity (Wildman–Crippen MR) is 85.6 cm³/mol. The summed E-state index contributed by atoms with van der Waals surface area (Å²) in [6.45, 7) is 1.01. The molecule has 0 aliphatic carbocycles. The summed E-state index contributed by atoms with van der Waals surface area (Å²) in [5, 5.41) is 2.81. The lowest BCUT2D eigenvalue weighted by molar-refractivity contribution is -0.117. The molecule has 2 aromatic carbocycles. The van der Waals surface area contributed by atoms with Gasteiger partial charge in [-0.05, 0) is 36.4 Å². The normalized spacial score (nSPS) is 17.3. The average Bonchev–Trinajstić information content (AvgIpc) is 2.95. The number of carbonyl (C=O) groups excluding carboxylic acids is 2. The van der Waals surface area contributed by atoms with E-state index in [-0.39, 0.29) is 23.5 Å². The second kappa shape index (κ2) is 6.60. The summed E-state index contributed by atoms with van der Waals surface area (Å²) in [6, 6.07) is 14.9. The van der Waals surface area contributed by atoms with Crippen molar-refractivity contribution in [3.63, 3.8) is 0 Å². The summed E-state index contributed by atoms with van der Waals surface area (Å²) in [4.78, 5) is 25.9. The molecular formula is C18H17FN2O2. The van der Waals surface area contributed by atoms with Crippen LogP contribution in [-0.2, 0) is 4.79 Å². The van der Waals surface area contributed by atoms with E-state index in [4.69, 9.17) is 0 Å². The van der Waals surface area contributed by atoms with Crippen LogP contribution in [-0.4, -0.2) is 24.9 Å². The molecular weight excluding hydrogens is 295 g/mol. The minimum atomic E-state index is -0.374. The molecule has 0 saturated carbocycles. The van der Waals surface area contributed by atoms with Gasteiger partial charge < -0.3 is 10.2 Å². The number of carbonyl (C=O) groups is 2. The Labute approximate surface area is 133 Å². The van der Waals surface area contributed by atoms with Crippen LogP contribution in [0.3, 0.4) is 0 Å². The third-order valence-electron chi connectivity index (χ3n) is 3.93. The summed E-state index contributed by atoms with van der Waals surface area (Å²) in [5.74, 6) is -0.485. The minimum Gasteiger partial charge on any atom is -0.352 e. The Balaban J connectivity index is 1.56. The van der Waals surface area contributed by atoms with Crippen LogP contribution in [0.5, 0.6) is 0 Å². The Kier molecular flexibility index (Phi) is 4.37. The molecule has 1 aliphatic rings. The number of amides is 2. The molecule has 1 unspecified atom stereocenters. The Hall–Kier alpha value is -2.69. The van der Waals surface area contributed by atoms with E-state index in [0.717, 1.165) is 5.69 Å². The zero-order valence-corrected chi connectivity index (χ0v) is 12.5. The standard InChI is InChI=1S/C18H17FN2O2/c19-15-8-6-14(7-9-15)18(23)20-11-13-10-17(22)21(12-13)16-4-2-1-3-5-16/h1-9,13H,10-12H2,(H,20,23). The van der Waals surface area contributed by atoms with Gasteiger partial charge in [0, 0.05) is 36.7 Å². The molecule has 1 atom stereocenters. The Morgan fingerprint density at radius 3 is 2.52 bits per heavy atom. The first kappa shape index (κ1) is 15.2. The van der Waals surface area contributed by atoms with Crippen molar-refractivity contribution in [1.29, 1.82) is 0 Å². The fourth-order valence-electron chi connectivity index (χ4n) is 2.72. The van der Waals surface area contributed by atoms with Gasteiger partial charge in [0.1, 0.15) is 5.82 Å². The van der Waals surface area contributed by atoms with Crippen LogP contribution < -0.4 is 10.2 Å². The van der Waals surface area contributed by atoms with E-state index in [1.54, 1.807) is 4.90 Å². The highest BCUT2D eigenvalue weighted by atomic mass is 19.1. The summed E-state index contributed by atoms with van der Waals surface area (Å²) in [5.41, 5.74) is 1.29. The van der Waals surface area contributed by atoms with E-state index in [1.807, 2.05) is 30.3 Å². The number of nitrogens with one attached hydrogen (secondary N) is 1. The van der Waals surface area contributed by atoms with Crippen LogP contribution in [0.4, 0.5) is 10.1 Å². The van der Waals surface area contributed by atoms with Crippen LogP contribution in [0.2, 0.25) is 0 Å². The molecule has 1 fully saturated rings. The highest BCUT2D eigenvalue weighted by Gasteiger charge is 2.30. The quantitative estimate of drug-likeness (QED) is 0.943. The third kappa shape index (κ3) is 3.56. The van der Waals surface area contributed by atoms with Crippen molar-refractivity contribution < 1.29 is 14.0 Å². The Morgan fingerprint density at radius 1 is 1.13 bits per heavy atom. The third-order valence-corrected chi connectivity index (χ3v) is 3.93. The number of hydrogen-bond donors (Lipinski definition) is 1. The summed E-state index contributed by atoms with van der Waals surface area (Å²) in [7, 11) is 0. The molecule has 4 nitrogen and oxygen atoms in total. The zero-order chi connectivity index (χ0) is 16.2. The van der Waals surface area contributed by atoms with E-state index in [9.17, 15) is 14.0 Å². The Bertz CT molecular complexity index is 701. The molecule has 3 rings (SSSR count). The average molecular weight is 312 g/mol. The van der Waals surface area contributed by atoms with Gasteiger partial charge in [0.05, 0.1) is 0 Å². The lowest BCUT2D eigenvalue weighted by Crippen LogP contribution is -2.31. The topological polar surface area (TPSA) is 49.4 Å². The van der Waals surface area contributed by atoms with Gasteiger partial charge in [-0.2, -0.15) is 0 Å². The maximum atomic E-state index is 12.9. The van der Waals surface area contributed by atoms with Gasteiger partial charge in [0.15, 0.2) is 0 Å². The Morgan fingerprint density at radius 2 is 1.83 bits per heavy atom. The minimum absolute atomic E-state index is 0.0669. The second-order valence-electron chi connectivity index (χ2n) is 5.63. The molecule has 0 radical (unpaired) electrons. The highest BCUT2D eigenvalue weighted by molar-refractivity contribution is 5.96. The van der Waals surface area contributed by atoms with Crippen LogP contribution in [0.15, 0.2) is 54.6 Å². The zero-order valence-electron chi connectivity index (χ0n) is 12.5. The first-order valence-corrected chi connectivity index (χ1v) is 7.52. The second-order valence-corrected chi connectivity index (χ2v) is 5.63. The molecule has 23 heavy (non-hydrogen) atoms. The van der Waals surface area contributed by atoms with Crippen molar-refractivity contribution in [2.75, 3.05) is 18.0 Å². The smallest absolute Gasteiger partial charge is 0.251 e. The van der Waals surface area contributed by atoms with E-state index in [1.165, 1.54) is 24.3 Å². The molecule has 2 aromatic rings. The molecule has 5 heteroatoms. The van der Waals surface area contributed by atoms with Gasteiger partial charge in [0.25, 0.3) is 5.91 Å². The lowest BCUT2D eigenvalue weighted by Gasteiger charge is -2.16. The maximum absolute atomic E-state index is 12.9. The number of anilines is 1. The van der Waals surface area contributed by atoms with E-state index < -0.39 is 0 Å². The fourth-order valence-corrected chi connectivity index (χ4v) is 2.72. The largest absolute Gasteiger partial charge is 0.352 e. The van der Waals surface area contributed by atoms with E-state index in [0.29, 0.717) is 25.1 Å². The van der Waals surface area contributed by atoms with Gasteiger partial charge in [-0.15, -0.1) is 0 Å². The molecule has 0 bridgehead atoms. The van der Waals surface area contributed by atoms with Crippen LogP contribution >= 0.6 is 0 Å². The van der Waals surface area contributed by atoms with Gasteiger partial charge >= 0.3 is 0 Å². The van der Waals surface area contributed by atoms with Crippen molar-refractivity contribution in [2.45, 2.75) is 6.42 Å². The molecule has 1 aliphatic heterocycles. The predicted octanol–water partition coefficient (Wildman–Crippen LogP) is 2.61. The van der Waals surface area contributed by atoms with Crippen LogP contribution in [0, 0.1) is 11.7 Å². The number of benzene rings is 2. The van der Waals surface area contributed by atoms with Crippen molar-refractivity contribution >= 4 is 17.5 Å². The lowest BCUT2D eigenvalue weighted by atomic mass is 10.1. The molecule has 0 spiro atoms. The highest BCUT2D eigenvalue weighted by Crippen LogP contribution is 2.24. The van der Waals surface area contributed by atoms with Gasteiger partial charge in [-0.1, -0.05) is 18.2 Å². The van der Waals surface area contributed by atoms with E-state index in [2.05, 4.69) is 5.32 Å². The van der Waals surface area contributed by atoms with Gasteiger partial charge in [-0.3, -0.25) is 9.59 Å². The number of halogens is 1. The molecule has 118 valence electrons. The summed E-state index contributed by atoms with van der Waals surface area (Å²) < 4.78 is 12.9. The van der Waals surface area contributed by atoms with Crippen molar-refractivity contribution in [1.82, 2.24) is 5.32 Å². The summed E-state index contributed by atoms with van der Waals surface area (Å²) in [6.07, 6.45) is 0.415. The monoisotopic (exact) mass is 312 g/mol. The molecule has 0 aromatic heterocycles. The first-order valence-electron chi connectivity index (χ1n) is 7.52. The van der Waals surface area contributed by atoms with Crippen LogP contribution in [0.1, 0.15) is 16.8 Å². The van der Waals surface area contributed by atoms with Crippen LogP contribution in [0.25, 0.3) is 0 Å². The fraction of sp³-hybridized carbons (Fsp3) is 0.222. The first-order chi connectivity index (χ1) is 11.1. The van der Waals surface area contributed by atoms with E-state index >= 15 is 0 Å². The number of hydrogen-bond acceptors (Lipinski definition) is 2. The van der Waals surface area contributed by atoms with Gasteiger partial charge in [0.2, 0.25) is 5.91 Å². The number of para-hydroxylation sites is 1.